The fourth-order valence-corrected chi connectivity index (χ4v) is 4.20. The van der Waals surface area contributed by atoms with E-state index < -0.39 is 7.25 Å². The summed E-state index contributed by atoms with van der Waals surface area (Å²) in [6, 6.07) is 0.158. The third kappa shape index (κ3) is 6.80. The van der Waals surface area contributed by atoms with Crippen LogP contribution in [0.25, 0.3) is 0 Å². The minimum Gasteiger partial charge on any atom is -0.379 e. The fraction of sp³-hybridized carbons (Fsp3) is 1.00. The molecule has 1 saturated heterocycles. The molecule has 0 radical (unpaired) electrons. The summed E-state index contributed by atoms with van der Waals surface area (Å²) in [6.07, 6.45) is 5.51. The Bertz CT molecular complexity index is 317. The molecule has 116 valence electrons. The van der Waals surface area contributed by atoms with Crippen LogP contribution in [-0.2, 0) is 18.6 Å². The Morgan fingerprint density at radius 1 is 1.30 bits per heavy atom. The first-order valence-electron chi connectivity index (χ1n) is 7.96. The summed E-state index contributed by atoms with van der Waals surface area (Å²) in [6.45, 7) is 5.55. The highest BCUT2D eigenvalue weighted by atomic mass is 31.2. The number of hydrogen-bond donors (Lipinski definition) is 0. The van der Waals surface area contributed by atoms with E-state index in [0.717, 1.165) is 38.7 Å². The molecule has 0 aliphatic carbocycles. The van der Waals surface area contributed by atoms with E-state index in [2.05, 4.69) is 13.8 Å². The van der Waals surface area contributed by atoms with Crippen molar-refractivity contribution in [1.29, 1.82) is 0 Å². The summed E-state index contributed by atoms with van der Waals surface area (Å²) in [5.74, 6) is 0. The minimum absolute atomic E-state index is 0.0724. The predicted octanol–water partition coefficient (Wildman–Crippen LogP) is 1.56. The quantitative estimate of drug-likeness (QED) is 0.349. The lowest BCUT2D eigenvalue weighted by Gasteiger charge is -2.23. The molecule has 7 heteroatoms. The maximum absolute atomic E-state index is 12.4. The van der Waals surface area contributed by atoms with Crippen molar-refractivity contribution in [2.24, 2.45) is 0 Å². The topological polar surface area (TPSA) is 44.8 Å². The molecule has 1 aliphatic heterocycles. The maximum Gasteiger partial charge on any atom is 0.216 e. The first-order valence-corrected chi connectivity index (χ1v) is 10.2. The van der Waals surface area contributed by atoms with Crippen LogP contribution in [0.1, 0.15) is 46.0 Å². The van der Waals surface area contributed by atoms with Gasteiger partial charge in [0.15, 0.2) is 7.25 Å². The van der Waals surface area contributed by atoms with E-state index >= 15 is 0 Å². The van der Waals surface area contributed by atoms with Gasteiger partial charge in [-0.05, 0) is 19.3 Å². The van der Waals surface area contributed by atoms with Gasteiger partial charge < -0.3 is 18.6 Å². The van der Waals surface area contributed by atoms with Crippen LogP contribution in [0, 0.1) is 0 Å². The van der Waals surface area contributed by atoms with Crippen molar-refractivity contribution < 1.29 is 18.6 Å². The molecule has 1 fully saturated rings. The highest BCUT2D eigenvalue weighted by Gasteiger charge is 2.36. The molecular weight excluding hydrogens is 273 g/mol. The summed E-state index contributed by atoms with van der Waals surface area (Å²) in [5.41, 5.74) is 0. The number of hydrogen-bond acceptors (Lipinski definition) is 4. The van der Waals surface area contributed by atoms with Gasteiger partial charge in [-0.25, -0.2) is 0 Å². The average molecular weight is 302 g/mol. The van der Waals surface area contributed by atoms with E-state index in [0.29, 0.717) is 12.8 Å². The molecule has 4 nitrogen and oxygen atoms in total. The fourth-order valence-electron chi connectivity index (χ4n) is 2.41. The zero-order valence-corrected chi connectivity index (χ0v) is 14.4. The summed E-state index contributed by atoms with van der Waals surface area (Å²) >= 11 is 0. The second-order valence-electron chi connectivity index (χ2n) is 5.88. The predicted molar refractivity (Wildman–Crippen MR) is 88.3 cm³/mol. The van der Waals surface area contributed by atoms with Gasteiger partial charge in [-0.15, -0.1) is 0 Å². The SMILES string of the molecule is B[C@H]1C[C@@H](OP(B)(=O)CCCC)C(COCCCC)O1. The van der Waals surface area contributed by atoms with Gasteiger partial charge in [-0.2, -0.15) is 0 Å². The Kier molecular flexibility index (Phi) is 8.50. The van der Waals surface area contributed by atoms with Gasteiger partial charge in [-0.3, -0.25) is 0 Å². The molecule has 4 atom stereocenters. The molecule has 0 spiro atoms. The van der Waals surface area contributed by atoms with Crippen molar-refractivity contribution in [3.8, 4) is 0 Å². The third-order valence-electron chi connectivity index (χ3n) is 3.59. The summed E-state index contributed by atoms with van der Waals surface area (Å²) in [5, 5.41) is 0. The van der Waals surface area contributed by atoms with Gasteiger partial charge in [-0.1, -0.05) is 26.7 Å². The van der Waals surface area contributed by atoms with Gasteiger partial charge in [0.2, 0.25) is 7.57 Å². The lowest BCUT2D eigenvalue weighted by Crippen LogP contribution is -2.29. The molecule has 0 saturated carbocycles. The van der Waals surface area contributed by atoms with E-state index in [-0.39, 0.29) is 18.2 Å². The van der Waals surface area contributed by atoms with Crippen molar-refractivity contribution >= 4 is 22.7 Å². The van der Waals surface area contributed by atoms with Crippen LogP contribution in [0.2, 0.25) is 0 Å². The molecule has 1 heterocycles. The van der Waals surface area contributed by atoms with E-state index in [9.17, 15) is 4.57 Å². The summed E-state index contributed by atoms with van der Waals surface area (Å²) < 4.78 is 29.8. The minimum atomic E-state index is -2.50. The molecule has 0 aromatic carbocycles. The molecule has 1 rings (SSSR count). The van der Waals surface area contributed by atoms with E-state index in [4.69, 9.17) is 14.0 Å². The summed E-state index contributed by atoms with van der Waals surface area (Å²) in [4.78, 5) is 0. The molecule has 1 aliphatic rings. The first kappa shape index (κ1) is 18.3. The van der Waals surface area contributed by atoms with Crippen LogP contribution in [-0.4, -0.2) is 53.0 Å². The van der Waals surface area contributed by atoms with Crippen LogP contribution in [0.15, 0.2) is 0 Å². The molecule has 0 amide bonds. The van der Waals surface area contributed by atoms with E-state index in [1.165, 1.54) is 0 Å². The molecular formula is C13H29B2O4P. The third-order valence-corrected chi connectivity index (χ3v) is 5.43. The Morgan fingerprint density at radius 3 is 2.65 bits per heavy atom. The van der Waals surface area contributed by atoms with Crippen LogP contribution < -0.4 is 0 Å². The van der Waals surface area contributed by atoms with E-state index in [1.54, 1.807) is 7.57 Å². The maximum atomic E-state index is 12.4. The van der Waals surface area contributed by atoms with Crippen LogP contribution in [0.5, 0.6) is 0 Å². The van der Waals surface area contributed by atoms with Gasteiger partial charge in [0.05, 0.1) is 12.7 Å². The van der Waals surface area contributed by atoms with Gasteiger partial charge in [0.1, 0.15) is 14.0 Å². The molecule has 0 aromatic heterocycles. The Hall–Kier alpha value is 0.240. The Morgan fingerprint density at radius 2 is 2.00 bits per heavy atom. The van der Waals surface area contributed by atoms with Gasteiger partial charge >= 0.3 is 0 Å². The molecule has 0 aromatic rings. The van der Waals surface area contributed by atoms with Gasteiger partial charge in [0, 0.05) is 18.8 Å². The van der Waals surface area contributed by atoms with Crippen LogP contribution in [0.4, 0.5) is 0 Å². The van der Waals surface area contributed by atoms with E-state index in [1.807, 2.05) is 7.85 Å². The molecule has 2 unspecified atom stereocenters. The van der Waals surface area contributed by atoms with Crippen molar-refractivity contribution in [3.05, 3.63) is 0 Å². The highest BCUT2D eigenvalue weighted by molar-refractivity contribution is 7.83. The van der Waals surface area contributed by atoms with Crippen molar-refractivity contribution in [1.82, 2.24) is 0 Å². The van der Waals surface area contributed by atoms with Crippen molar-refractivity contribution in [2.75, 3.05) is 19.4 Å². The first-order chi connectivity index (χ1) is 9.48. The molecule has 20 heavy (non-hydrogen) atoms. The lowest BCUT2D eigenvalue weighted by molar-refractivity contribution is -0.0237. The van der Waals surface area contributed by atoms with Crippen LogP contribution >= 0.6 is 7.25 Å². The lowest BCUT2D eigenvalue weighted by atomic mass is 9.96. The normalized spacial score (nSPS) is 29.4. The van der Waals surface area contributed by atoms with Gasteiger partial charge in [0.25, 0.3) is 0 Å². The van der Waals surface area contributed by atoms with Crippen LogP contribution in [0.3, 0.4) is 0 Å². The second-order valence-corrected chi connectivity index (χ2v) is 8.57. The smallest absolute Gasteiger partial charge is 0.216 e. The zero-order valence-electron chi connectivity index (χ0n) is 13.5. The average Bonchev–Trinajstić information content (AvgIpc) is 2.72. The van der Waals surface area contributed by atoms with Crippen molar-refractivity contribution in [3.63, 3.8) is 0 Å². The Balaban J connectivity index is 2.42. The Labute approximate surface area is 125 Å². The number of unbranched alkanes of at least 4 members (excludes halogenated alkanes) is 2. The van der Waals surface area contributed by atoms with Crippen molar-refractivity contribution in [2.45, 2.75) is 64.2 Å². The highest BCUT2D eigenvalue weighted by Crippen LogP contribution is 2.46. The zero-order chi connectivity index (χ0) is 15.0. The monoisotopic (exact) mass is 302 g/mol. The molecule has 0 bridgehead atoms. The number of ether oxygens (including phenoxy) is 2. The summed E-state index contributed by atoms with van der Waals surface area (Å²) in [7, 11) is 1.28. The molecule has 0 N–H and O–H groups in total. The standard InChI is InChI=1S/C13H29B2O4P/c1-3-5-7-17-10-12-11(9-13(14)18-12)19-20(15,16)8-6-4-2/h11-13H,3-10,14-15H2,1-2H3/t11-,12?,13-,20?/m1/s1. The largest absolute Gasteiger partial charge is 0.379 e. The number of rotatable bonds is 10. The second kappa shape index (κ2) is 9.30.